The normalized spacial score (nSPS) is 17.1. The Labute approximate surface area is 112 Å². The van der Waals surface area contributed by atoms with Crippen molar-refractivity contribution < 1.29 is 4.79 Å². The van der Waals surface area contributed by atoms with E-state index >= 15 is 0 Å². The molecule has 1 aromatic rings. The third kappa shape index (κ3) is 2.48. The Morgan fingerprint density at radius 3 is 2.67 bits per heavy atom. The standard InChI is InChI=1S/C13H18ClN3O/c1-3-13(5-4-6-13)8-15-12-10(7-18)11(14)16-9(2)17-12/h7H,3-6,8H2,1-2H3,(H,15,16,17). The van der Waals surface area contributed by atoms with E-state index in [1.54, 1.807) is 6.92 Å². The van der Waals surface area contributed by atoms with Crippen molar-refractivity contribution in [2.45, 2.75) is 39.5 Å². The minimum atomic E-state index is 0.221. The predicted molar refractivity (Wildman–Crippen MR) is 72.2 cm³/mol. The first kappa shape index (κ1) is 13.3. The van der Waals surface area contributed by atoms with Crippen molar-refractivity contribution in [1.29, 1.82) is 0 Å². The second-order valence-electron chi connectivity index (χ2n) is 5.00. The topological polar surface area (TPSA) is 54.9 Å². The molecular formula is C13H18ClN3O. The minimum absolute atomic E-state index is 0.221. The molecule has 0 bridgehead atoms. The van der Waals surface area contributed by atoms with Gasteiger partial charge in [0.2, 0.25) is 0 Å². The van der Waals surface area contributed by atoms with Crippen LogP contribution in [0.15, 0.2) is 0 Å². The number of aldehydes is 1. The molecule has 18 heavy (non-hydrogen) atoms. The molecule has 2 rings (SSSR count). The fourth-order valence-electron chi connectivity index (χ4n) is 2.39. The van der Waals surface area contributed by atoms with E-state index in [9.17, 15) is 4.79 Å². The van der Waals surface area contributed by atoms with Crippen LogP contribution in [-0.4, -0.2) is 22.8 Å². The molecule has 1 saturated carbocycles. The lowest BCUT2D eigenvalue weighted by Crippen LogP contribution is -2.36. The molecule has 0 aliphatic heterocycles. The summed E-state index contributed by atoms with van der Waals surface area (Å²) in [7, 11) is 0. The van der Waals surface area contributed by atoms with Gasteiger partial charge >= 0.3 is 0 Å². The van der Waals surface area contributed by atoms with Gasteiger partial charge in [-0.3, -0.25) is 4.79 Å². The number of nitrogens with zero attached hydrogens (tertiary/aromatic N) is 2. The average Bonchev–Trinajstić information content (AvgIpc) is 2.27. The molecule has 0 spiro atoms. The number of aromatic nitrogens is 2. The van der Waals surface area contributed by atoms with Crippen LogP contribution >= 0.6 is 11.6 Å². The van der Waals surface area contributed by atoms with E-state index in [2.05, 4.69) is 22.2 Å². The lowest BCUT2D eigenvalue weighted by atomic mass is 9.67. The minimum Gasteiger partial charge on any atom is -0.369 e. The number of halogens is 1. The largest absolute Gasteiger partial charge is 0.369 e. The summed E-state index contributed by atoms with van der Waals surface area (Å²) < 4.78 is 0. The fraction of sp³-hybridized carbons (Fsp3) is 0.615. The van der Waals surface area contributed by atoms with Crippen LogP contribution in [0.3, 0.4) is 0 Å². The van der Waals surface area contributed by atoms with E-state index in [0.717, 1.165) is 13.0 Å². The molecule has 0 amide bonds. The molecule has 0 unspecified atom stereocenters. The summed E-state index contributed by atoms with van der Waals surface area (Å²) in [6, 6.07) is 0. The van der Waals surface area contributed by atoms with Crippen LogP contribution in [-0.2, 0) is 0 Å². The molecular weight excluding hydrogens is 250 g/mol. The Bertz CT molecular complexity index is 452. The summed E-state index contributed by atoms with van der Waals surface area (Å²) >= 11 is 5.94. The third-order valence-corrected chi connectivity index (χ3v) is 4.21. The number of carbonyl (C=O) groups is 1. The van der Waals surface area contributed by atoms with E-state index in [-0.39, 0.29) is 5.15 Å². The first-order chi connectivity index (χ1) is 8.60. The fourth-order valence-corrected chi connectivity index (χ4v) is 2.65. The zero-order valence-electron chi connectivity index (χ0n) is 10.8. The Morgan fingerprint density at radius 2 is 2.17 bits per heavy atom. The number of rotatable bonds is 5. The highest BCUT2D eigenvalue weighted by Gasteiger charge is 2.35. The van der Waals surface area contributed by atoms with Crippen molar-refractivity contribution in [3.05, 3.63) is 16.5 Å². The molecule has 0 aromatic carbocycles. The maximum atomic E-state index is 11.0. The number of nitrogens with one attached hydrogen (secondary N) is 1. The van der Waals surface area contributed by atoms with Crippen LogP contribution in [0.25, 0.3) is 0 Å². The lowest BCUT2D eigenvalue weighted by Gasteiger charge is -2.41. The summed E-state index contributed by atoms with van der Waals surface area (Å²) in [5, 5.41) is 3.49. The second kappa shape index (κ2) is 5.22. The van der Waals surface area contributed by atoms with Crippen molar-refractivity contribution >= 4 is 23.7 Å². The highest BCUT2D eigenvalue weighted by molar-refractivity contribution is 6.32. The molecule has 0 radical (unpaired) electrons. The van der Waals surface area contributed by atoms with Gasteiger partial charge in [0.15, 0.2) is 6.29 Å². The van der Waals surface area contributed by atoms with Crippen molar-refractivity contribution in [2.24, 2.45) is 5.41 Å². The number of carbonyl (C=O) groups excluding carboxylic acids is 1. The van der Waals surface area contributed by atoms with Gasteiger partial charge < -0.3 is 5.32 Å². The molecule has 1 aliphatic carbocycles. The first-order valence-corrected chi connectivity index (χ1v) is 6.71. The van der Waals surface area contributed by atoms with Gasteiger partial charge in [-0.25, -0.2) is 9.97 Å². The van der Waals surface area contributed by atoms with E-state index in [1.807, 2.05) is 0 Å². The van der Waals surface area contributed by atoms with Crippen LogP contribution in [0.5, 0.6) is 0 Å². The maximum absolute atomic E-state index is 11.0. The van der Waals surface area contributed by atoms with Crippen LogP contribution < -0.4 is 5.32 Å². The molecule has 1 aliphatic rings. The second-order valence-corrected chi connectivity index (χ2v) is 5.36. The van der Waals surface area contributed by atoms with Gasteiger partial charge in [-0.15, -0.1) is 0 Å². The van der Waals surface area contributed by atoms with Crippen molar-refractivity contribution in [2.75, 3.05) is 11.9 Å². The Balaban J connectivity index is 2.15. The van der Waals surface area contributed by atoms with Gasteiger partial charge in [0, 0.05) is 6.54 Å². The maximum Gasteiger partial charge on any atom is 0.156 e. The monoisotopic (exact) mass is 267 g/mol. The summed E-state index contributed by atoms with van der Waals surface area (Å²) in [5.74, 6) is 1.13. The smallest absolute Gasteiger partial charge is 0.156 e. The quantitative estimate of drug-likeness (QED) is 0.657. The highest BCUT2D eigenvalue weighted by atomic mass is 35.5. The SMILES string of the molecule is CCC1(CNc2nc(C)nc(Cl)c2C=O)CCC1. The molecule has 0 atom stereocenters. The number of aryl methyl sites for hydroxylation is 1. The molecule has 1 N–H and O–H groups in total. The van der Waals surface area contributed by atoms with Crippen molar-refractivity contribution in [3.63, 3.8) is 0 Å². The van der Waals surface area contributed by atoms with Gasteiger partial charge in [-0.05, 0) is 31.6 Å². The van der Waals surface area contributed by atoms with Crippen LogP contribution in [0.4, 0.5) is 5.82 Å². The van der Waals surface area contributed by atoms with Gasteiger partial charge in [-0.1, -0.05) is 24.9 Å². The lowest BCUT2D eigenvalue weighted by molar-refractivity contribution is 0.112. The molecule has 5 heteroatoms. The van der Waals surface area contributed by atoms with E-state index < -0.39 is 0 Å². The third-order valence-electron chi connectivity index (χ3n) is 3.92. The Kier molecular flexibility index (Phi) is 3.85. The van der Waals surface area contributed by atoms with Crippen LogP contribution in [0.1, 0.15) is 48.8 Å². The van der Waals surface area contributed by atoms with Crippen molar-refractivity contribution in [3.8, 4) is 0 Å². The summed E-state index contributed by atoms with van der Waals surface area (Å²) in [6.07, 6.45) is 5.63. The molecule has 0 saturated heterocycles. The Morgan fingerprint density at radius 1 is 1.44 bits per heavy atom. The van der Waals surface area contributed by atoms with Gasteiger partial charge in [0.25, 0.3) is 0 Å². The highest BCUT2D eigenvalue weighted by Crippen LogP contribution is 2.43. The van der Waals surface area contributed by atoms with Crippen LogP contribution in [0, 0.1) is 12.3 Å². The molecule has 1 fully saturated rings. The summed E-state index contributed by atoms with van der Waals surface area (Å²) in [5.41, 5.74) is 0.721. The zero-order valence-corrected chi connectivity index (χ0v) is 11.5. The molecule has 1 heterocycles. The number of anilines is 1. The Hall–Kier alpha value is -1.16. The van der Waals surface area contributed by atoms with E-state index in [1.165, 1.54) is 19.3 Å². The van der Waals surface area contributed by atoms with Crippen molar-refractivity contribution in [1.82, 2.24) is 9.97 Å². The van der Waals surface area contributed by atoms with Gasteiger partial charge in [0.05, 0.1) is 5.56 Å². The summed E-state index contributed by atoms with van der Waals surface area (Å²) in [4.78, 5) is 19.3. The summed E-state index contributed by atoms with van der Waals surface area (Å²) in [6.45, 7) is 4.82. The molecule has 4 nitrogen and oxygen atoms in total. The first-order valence-electron chi connectivity index (χ1n) is 6.33. The van der Waals surface area contributed by atoms with Gasteiger partial charge in [-0.2, -0.15) is 0 Å². The average molecular weight is 268 g/mol. The predicted octanol–water partition coefficient (Wildman–Crippen LogP) is 3.24. The van der Waals surface area contributed by atoms with Gasteiger partial charge in [0.1, 0.15) is 16.8 Å². The molecule has 98 valence electrons. The van der Waals surface area contributed by atoms with E-state index in [0.29, 0.717) is 28.9 Å². The van der Waals surface area contributed by atoms with E-state index in [4.69, 9.17) is 11.6 Å². The number of hydrogen-bond donors (Lipinski definition) is 1. The molecule has 1 aromatic heterocycles. The number of hydrogen-bond acceptors (Lipinski definition) is 4. The zero-order chi connectivity index (χ0) is 13.2. The van der Waals surface area contributed by atoms with Crippen LogP contribution in [0.2, 0.25) is 5.15 Å².